The molecule has 1 N–H and O–H groups in total. The van der Waals surface area contributed by atoms with Crippen molar-refractivity contribution in [3.05, 3.63) is 59.9 Å². The molecule has 2 aromatic rings. The molecule has 24 heavy (non-hydrogen) atoms. The maximum atomic E-state index is 13.4. The molecular weight excluding hydrogens is 307 g/mol. The van der Waals surface area contributed by atoms with Gasteiger partial charge in [0, 0.05) is 31.6 Å². The second-order valence-corrected chi connectivity index (χ2v) is 6.03. The van der Waals surface area contributed by atoms with E-state index in [9.17, 15) is 14.0 Å². The van der Waals surface area contributed by atoms with Crippen LogP contribution in [0.3, 0.4) is 0 Å². The molecule has 1 fully saturated rings. The van der Waals surface area contributed by atoms with Gasteiger partial charge in [-0.15, -0.1) is 0 Å². The molecule has 0 saturated carbocycles. The van der Waals surface area contributed by atoms with E-state index in [4.69, 9.17) is 0 Å². The minimum absolute atomic E-state index is 0.0119. The molecule has 1 heterocycles. The van der Waals surface area contributed by atoms with Crippen LogP contribution in [-0.4, -0.2) is 35.8 Å². The Hall–Kier alpha value is -2.69. The van der Waals surface area contributed by atoms with Crippen molar-refractivity contribution in [2.45, 2.75) is 19.4 Å². The summed E-state index contributed by atoms with van der Waals surface area (Å²) in [4.78, 5) is 25.5. The van der Waals surface area contributed by atoms with Crippen LogP contribution in [0.15, 0.2) is 48.5 Å². The van der Waals surface area contributed by atoms with Crippen molar-refractivity contribution < 1.29 is 14.0 Å². The highest BCUT2D eigenvalue weighted by Gasteiger charge is 2.27. The monoisotopic (exact) mass is 326 g/mol. The molecule has 124 valence electrons. The fourth-order valence-electron chi connectivity index (χ4n) is 3.03. The van der Waals surface area contributed by atoms with Gasteiger partial charge < -0.3 is 10.2 Å². The largest absolute Gasteiger partial charge is 0.352 e. The summed E-state index contributed by atoms with van der Waals surface area (Å²) in [7, 11) is 0. The number of benzene rings is 2. The number of nitrogens with zero attached hydrogens (tertiary/aromatic N) is 1. The average molecular weight is 326 g/mol. The molecule has 0 unspecified atom stereocenters. The van der Waals surface area contributed by atoms with Crippen LogP contribution < -0.4 is 5.32 Å². The number of carbonyl (C=O) groups excluding carboxylic acids is 2. The van der Waals surface area contributed by atoms with Crippen LogP contribution >= 0.6 is 0 Å². The number of hydrogen-bond donors (Lipinski definition) is 1. The normalized spacial score (nSPS) is 16.9. The second kappa shape index (κ2) is 6.83. The molecular formula is C19H19FN2O2. The van der Waals surface area contributed by atoms with Gasteiger partial charge in [0.1, 0.15) is 5.82 Å². The van der Waals surface area contributed by atoms with Gasteiger partial charge in [-0.1, -0.05) is 24.3 Å². The zero-order valence-corrected chi connectivity index (χ0v) is 13.5. The van der Waals surface area contributed by atoms with Crippen molar-refractivity contribution in [1.29, 1.82) is 0 Å². The van der Waals surface area contributed by atoms with E-state index in [1.807, 2.05) is 12.1 Å². The Balaban J connectivity index is 1.77. The predicted octanol–water partition coefficient (Wildman–Crippen LogP) is 2.84. The summed E-state index contributed by atoms with van der Waals surface area (Å²) < 4.78 is 13.4. The first kappa shape index (κ1) is 16.2. The summed E-state index contributed by atoms with van der Waals surface area (Å²) in [5, 5.41) is 2.85. The van der Waals surface area contributed by atoms with Crippen molar-refractivity contribution in [2.75, 3.05) is 13.1 Å². The van der Waals surface area contributed by atoms with Crippen molar-refractivity contribution in [3.63, 3.8) is 0 Å². The summed E-state index contributed by atoms with van der Waals surface area (Å²) >= 11 is 0. The van der Waals surface area contributed by atoms with E-state index in [1.165, 1.54) is 19.1 Å². The molecule has 1 saturated heterocycles. The van der Waals surface area contributed by atoms with E-state index >= 15 is 0 Å². The lowest BCUT2D eigenvalue weighted by molar-refractivity contribution is -0.119. The third kappa shape index (κ3) is 3.62. The van der Waals surface area contributed by atoms with Gasteiger partial charge in [0.2, 0.25) is 5.91 Å². The van der Waals surface area contributed by atoms with Crippen LogP contribution in [0.1, 0.15) is 23.7 Å². The van der Waals surface area contributed by atoms with Crippen molar-refractivity contribution >= 4 is 11.8 Å². The highest BCUT2D eigenvalue weighted by molar-refractivity contribution is 5.95. The first-order chi connectivity index (χ1) is 11.5. The molecule has 1 aliphatic rings. The molecule has 0 radical (unpaired) electrons. The van der Waals surface area contributed by atoms with Gasteiger partial charge in [0.15, 0.2) is 0 Å². The standard InChI is InChI=1S/C19H19FN2O2/c1-13(23)21-18-8-9-22(12-18)19(24)16-6-2-4-14(10-16)15-5-3-7-17(20)11-15/h2-7,10-11,18H,8-9,12H2,1H3,(H,21,23)/t18-/m0/s1. The first-order valence-corrected chi connectivity index (χ1v) is 7.95. The number of halogens is 1. The lowest BCUT2D eigenvalue weighted by Gasteiger charge is -2.17. The Bertz CT molecular complexity index is 775. The smallest absolute Gasteiger partial charge is 0.253 e. The predicted molar refractivity (Wildman–Crippen MR) is 90.0 cm³/mol. The number of nitrogens with one attached hydrogen (secondary N) is 1. The average Bonchev–Trinajstić information content (AvgIpc) is 3.02. The molecule has 2 amide bonds. The number of carbonyl (C=O) groups is 2. The summed E-state index contributed by atoms with van der Waals surface area (Å²) in [5.74, 6) is -0.453. The van der Waals surface area contributed by atoms with Crippen molar-refractivity contribution in [3.8, 4) is 11.1 Å². The van der Waals surface area contributed by atoms with Gasteiger partial charge in [-0.25, -0.2) is 4.39 Å². The van der Waals surface area contributed by atoms with Gasteiger partial charge in [-0.05, 0) is 41.8 Å². The molecule has 2 aromatic carbocycles. The highest BCUT2D eigenvalue weighted by Crippen LogP contribution is 2.22. The molecule has 5 heteroatoms. The van der Waals surface area contributed by atoms with E-state index in [0.717, 1.165) is 17.5 Å². The third-order valence-corrected chi connectivity index (χ3v) is 4.15. The summed E-state index contributed by atoms with van der Waals surface area (Å²) in [6, 6.07) is 13.5. The minimum atomic E-state index is -0.304. The Morgan fingerprint density at radius 1 is 1.12 bits per heavy atom. The number of amides is 2. The fraction of sp³-hybridized carbons (Fsp3) is 0.263. The maximum Gasteiger partial charge on any atom is 0.253 e. The SMILES string of the molecule is CC(=O)N[C@H]1CCN(C(=O)c2cccc(-c3cccc(F)c3)c2)C1. The molecule has 1 atom stereocenters. The molecule has 0 spiro atoms. The van der Waals surface area contributed by atoms with E-state index < -0.39 is 0 Å². The maximum absolute atomic E-state index is 13.4. The van der Waals surface area contributed by atoms with Crippen LogP contribution in [0.5, 0.6) is 0 Å². The Morgan fingerprint density at radius 2 is 1.83 bits per heavy atom. The third-order valence-electron chi connectivity index (χ3n) is 4.15. The molecule has 0 bridgehead atoms. The number of likely N-dealkylation sites (tertiary alicyclic amines) is 1. The number of rotatable bonds is 3. The zero-order valence-electron chi connectivity index (χ0n) is 13.5. The molecule has 1 aliphatic heterocycles. The van der Waals surface area contributed by atoms with E-state index in [-0.39, 0.29) is 23.7 Å². The van der Waals surface area contributed by atoms with Crippen LogP contribution in [-0.2, 0) is 4.79 Å². The topological polar surface area (TPSA) is 49.4 Å². The summed E-state index contributed by atoms with van der Waals surface area (Å²) in [6.07, 6.45) is 0.759. The Morgan fingerprint density at radius 3 is 2.54 bits per heavy atom. The van der Waals surface area contributed by atoms with Gasteiger partial charge >= 0.3 is 0 Å². The van der Waals surface area contributed by atoms with Gasteiger partial charge in [0.25, 0.3) is 5.91 Å². The Kier molecular flexibility index (Phi) is 4.60. The van der Waals surface area contributed by atoms with Gasteiger partial charge in [0.05, 0.1) is 0 Å². The van der Waals surface area contributed by atoms with E-state index in [1.54, 1.807) is 29.2 Å². The van der Waals surface area contributed by atoms with Crippen LogP contribution in [0.4, 0.5) is 4.39 Å². The van der Waals surface area contributed by atoms with Gasteiger partial charge in [-0.3, -0.25) is 9.59 Å². The lowest BCUT2D eigenvalue weighted by Crippen LogP contribution is -2.37. The Labute approximate surface area is 140 Å². The quantitative estimate of drug-likeness (QED) is 0.943. The van der Waals surface area contributed by atoms with E-state index in [0.29, 0.717) is 18.7 Å². The lowest BCUT2D eigenvalue weighted by atomic mass is 10.0. The highest BCUT2D eigenvalue weighted by atomic mass is 19.1. The molecule has 3 rings (SSSR count). The van der Waals surface area contributed by atoms with Crippen LogP contribution in [0, 0.1) is 5.82 Å². The zero-order chi connectivity index (χ0) is 17.1. The second-order valence-electron chi connectivity index (χ2n) is 6.03. The molecule has 0 aromatic heterocycles. The molecule has 4 nitrogen and oxygen atoms in total. The summed E-state index contributed by atoms with van der Waals surface area (Å²) in [6.45, 7) is 2.61. The summed E-state index contributed by atoms with van der Waals surface area (Å²) in [5.41, 5.74) is 2.11. The van der Waals surface area contributed by atoms with E-state index in [2.05, 4.69) is 5.32 Å². The minimum Gasteiger partial charge on any atom is -0.352 e. The molecule has 0 aliphatic carbocycles. The van der Waals surface area contributed by atoms with Crippen LogP contribution in [0.25, 0.3) is 11.1 Å². The van der Waals surface area contributed by atoms with Crippen molar-refractivity contribution in [1.82, 2.24) is 10.2 Å². The first-order valence-electron chi connectivity index (χ1n) is 7.95. The van der Waals surface area contributed by atoms with Gasteiger partial charge in [-0.2, -0.15) is 0 Å². The number of hydrogen-bond acceptors (Lipinski definition) is 2. The van der Waals surface area contributed by atoms with Crippen molar-refractivity contribution in [2.24, 2.45) is 0 Å². The van der Waals surface area contributed by atoms with Crippen LogP contribution in [0.2, 0.25) is 0 Å². The fourth-order valence-corrected chi connectivity index (χ4v) is 3.03.